The first kappa shape index (κ1) is 15.5. The molecule has 2 rings (SSSR count). The number of anilines is 1. The van der Waals surface area contributed by atoms with Crippen molar-refractivity contribution in [2.24, 2.45) is 5.10 Å². The number of aromatic hydroxyl groups is 1. The Morgan fingerprint density at radius 3 is 2.76 bits per heavy atom. The quantitative estimate of drug-likeness (QED) is 0.593. The number of nitrogens with one attached hydrogen (secondary N) is 1. The first-order valence-electron chi connectivity index (χ1n) is 5.91. The fraction of sp³-hybridized carbons (Fsp3) is 0.154. The molecule has 2 heterocycles. The predicted octanol–water partition coefficient (Wildman–Crippen LogP) is 2.74. The van der Waals surface area contributed by atoms with Gasteiger partial charge in [0.15, 0.2) is 5.82 Å². The maximum atomic E-state index is 9.95. The number of pyridine rings is 2. The van der Waals surface area contributed by atoms with Gasteiger partial charge in [-0.2, -0.15) is 5.10 Å². The number of aliphatic hydroxyl groups excluding tert-OH is 1. The molecule has 21 heavy (non-hydrogen) atoms. The summed E-state index contributed by atoms with van der Waals surface area (Å²) >= 11 is 11.7. The zero-order chi connectivity index (χ0) is 15.4. The highest BCUT2D eigenvalue weighted by Gasteiger charge is 2.09. The average molecular weight is 327 g/mol. The van der Waals surface area contributed by atoms with Crippen LogP contribution < -0.4 is 5.43 Å². The number of aliphatic hydroxyl groups is 1. The van der Waals surface area contributed by atoms with E-state index in [9.17, 15) is 10.2 Å². The second-order valence-corrected chi connectivity index (χ2v) is 4.99. The summed E-state index contributed by atoms with van der Waals surface area (Å²) in [6.45, 7) is 1.39. The fourth-order valence-corrected chi connectivity index (χ4v) is 2.00. The fourth-order valence-electron chi connectivity index (χ4n) is 1.58. The van der Waals surface area contributed by atoms with Crippen molar-refractivity contribution in [3.8, 4) is 5.75 Å². The Balaban J connectivity index is 2.24. The van der Waals surface area contributed by atoms with Crippen molar-refractivity contribution in [2.75, 3.05) is 5.43 Å². The highest BCUT2D eigenvalue weighted by atomic mass is 35.5. The monoisotopic (exact) mass is 326 g/mol. The summed E-state index contributed by atoms with van der Waals surface area (Å²) in [6.07, 6.45) is 4.27. The number of rotatable bonds is 4. The van der Waals surface area contributed by atoms with Crippen LogP contribution in [0.25, 0.3) is 0 Å². The summed E-state index contributed by atoms with van der Waals surface area (Å²) in [7, 11) is 0. The number of aryl methyl sites for hydroxylation is 1. The Morgan fingerprint density at radius 2 is 2.10 bits per heavy atom. The smallest absolute Gasteiger partial charge is 0.165 e. The van der Waals surface area contributed by atoms with E-state index in [1.807, 2.05) is 0 Å². The molecule has 3 N–H and O–H groups in total. The van der Waals surface area contributed by atoms with E-state index in [4.69, 9.17) is 23.2 Å². The zero-order valence-corrected chi connectivity index (χ0v) is 12.5. The SMILES string of the molecule is Cc1ncc(CO)c(/C=N/Nc2ncc(Cl)cc2Cl)c1O. The molecule has 2 aromatic rings. The van der Waals surface area contributed by atoms with Crippen LogP contribution in [-0.4, -0.2) is 26.4 Å². The van der Waals surface area contributed by atoms with Crippen molar-refractivity contribution in [3.63, 3.8) is 0 Å². The van der Waals surface area contributed by atoms with E-state index < -0.39 is 0 Å². The lowest BCUT2D eigenvalue weighted by Gasteiger charge is -2.07. The van der Waals surface area contributed by atoms with Crippen LogP contribution >= 0.6 is 23.2 Å². The Bertz CT molecular complexity index is 692. The van der Waals surface area contributed by atoms with Crippen molar-refractivity contribution in [1.82, 2.24) is 9.97 Å². The molecule has 0 aliphatic rings. The van der Waals surface area contributed by atoms with Crippen molar-refractivity contribution >= 4 is 35.2 Å². The number of halogens is 2. The standard InChI is InChI=1S/C13H12Cl2N4O2/c1-7-12(21)10(8(6-20)3-16-7)5-18-19-13-11(15)2-9(14)4-17-13/h2-5,20-21H,6H2,1H3,(H,17,19)/b18-5+. The molecular weight excluding hydrogens is 315 g/mol. The molecule has 0 saturated carbocycles. The molecule has 8 heteroatoms. The third kappa shape index (κ3) is 3.60. The maximum Gasteiger partial charge on any atom is 0.165 e. The molecule has 0 aliphatic heterocycles. The molecule has 0 spiro atoms. The minimum absolute atomic E-state index is 0.0396. The largest absolute Gasteiger partial charge is 0.505 e. The van der Waals surface area contributed by atoms with Crippen LogP contribution in [0.3, 0.4) is 0 Å². The number of hydrazone groups is 1. The molecule has 0 fully saturated rings. The van der Waals surface area contributed by atoms with Crippen LogP contribution in [-0.2, 0) is 6.61 Å². The van der Waals surface area contributed by atoms with Crippen molar-refractivity contribution in [2.45, 2.75) is 13.5 Å². The lowest BCUT2D eigenvalue weighted by Crippen LogP contribution is -2.00. The minimum atomic E-state index is -0.262. The van der Waals surface area contributed by atoms with Crippen molar-refractivity contribution in [3.05, 3.63) is 45.3 Å². The normalized spacial score (nSPS) is 11.0. The van der Waals surface area contributed by atoms with Crippen LogP contribution in [0.4, 0.5) is 5.82 Å². The third-order valence-electron chi connectivity index (χ3n) is 2.70. The first-order chi connectivity index (χ1) is 10.0. The van der Waals surface area contributed by atoms with E-state index in [2.05, 4.69) is 20.5 Å². The van der Waals surface area contributed by atoms with E-state index in [1.54, 1.807) is 6.92 Å². The molecule has 6 nitrogen and oxygen atoms in total. The van der Waals surface area contributed by atoms with Gasteiger partial charge in [0.1, 0.15) is 5.75 Å². The third-order valence-corrected chi connectivity index (χ3v) is 3.19. The molecule has 0 aliphatic carbocycles. The maximum absolute atomic E-state index is 9.95. The van der Waals surface area contributed by atoms with Crippen LogP contribution in [0, 0.1) is 6.92 Å². The molecule has 0 unspecified atom stereocenters. The van der Waals surface area contributed by atoms with E-state index in [-0.39, 0.29) is 12.4 Å². The summed E-state index contributed by atoms with van der Waals surface area (Å²) in [5, 5.41) is 23.9. The summed E-state index contributed by atoms with van der Waals surface area (Å²) in [6, 6.07) is 1.53. The Hall–Kier alpha value is -1.89. The molecule has 0 atom stereocenters. The van der Waals surface area contributed by atoms with Gasteiger partial charge in [-0.25, -0.2) is 4.98 Å². The van der Waals surface area contributed by atoms with Gasteiger partial charge in [-0.05, 0) is 13.0 Å². The lowest BCUT2D eigenvalue weighted by atomic mass is 10.1. The van der Waals surface area contributed by atoms with E-state index in [0.29, 0.717) is 32.7 Å². The lowest BCUT2D eigenvalue weighted by molar-refractivity contribution is 0.280. The van der Waals surface area contributed by atoms with E-state index in [1.165, 1.54) is 24.7 Å². The highest BCUT2D eigenvalue weighted by molar-refractivity contribution is 6.35. The minimum Gasteiger partial charge on any atom is -0.505 e. The van der Waals surface area contributed by atoms with Crippen LogP contribution in [0.2, 0.25) is 10.0 Å². The predicted molar refractivity (Wildman–Crippen MR) is 82.0 cm³/mol. The summed E-state index contributed by atoms with van der Waals surface area (Å²) in [5.41, 5.74) is 3.92. The average Bonchev–Trinajstić information content (AvgIpc) is 2.46. The molecule has 0 saturated heterocycles. The summed E-state index contributed by atoms with van der Waals surface area (Å²) in [5.74, 6) is 0.287. The number of hydrogen-bond acceptors (Lipinski definition) is 6. The zero-order valence-electron chi connectivity index (χ0n) is 11.0. The molecular formula is C13H12Cl2N4O2. The molecule has 0 radical (unpaired) electrons. The van der Waals surface area contributed by atoms with Gasteiger partial charge in [-0.3, -0.25) is 10.4 Å². The number of nitrogens with zero attached hydrogens (tertiary/aromatic N) is 3. The molecule has 0 aromatic carbocycles. The summed E-state index contributed by atoms with van der Waals surface area (Å²) < 4.78 is 0. The van der Waals surface area contributed by atoms with Gasteiger partial charge in [-0.15, -0.1) is 0 Å². The Kier molecular flexibility index (Phi) is 4.95. The number of aromatic nitrogens is 2. The second-order valence-electron chi connectivity index (χ2n) is 4.14. The van der Waals surface area contributed by atoms with E-state index >= 15 is 0 Å². The van der Waals surface area contributed by atoms with Gasteiger partial charge in [0, 0.05) is 23.5 Å². The highest BCUT2D eigenvalue weighted by Crippen LogP contribution is 2.24. The van der Waals surface area contributed by atoms with Gasteiger partial charge >= 0.3 is 0 Å². The van der Waals surface area contributed by atoms with Crippen molar-refractivity contribution in [1.29, 1.82) is 0 Å². The number of hydrogen-bond donors (Lipinski definition) is 3. The van der Waals surface area contributed by atoms with Gasteiger partial charge in [0.2, 0.25) is 0 Å². The first-order valence-corrected chi connectivity index (χ1v) is 6.67. The van der Waals surface area contributed by atoms with Gasteiger partial charge < -0.3 is 10.2 Å². The Labute approximate surface area is 131 Å². The van der Waals surface area contributed by atoms with E-state index in [0.717, 1.165) is 0 Å². The second kappa shape index (κ2) is 6.71. The molecule has 110 valence electrons. The Morgan fingerprint density at radius 1 is 1.33 bits per heavy atom. The topological polar surface area (TPSA) is 90.6 Å². The van der Waals surface area contributed by atoms with Crippen LogP contribution in [0.1, 0.15) is 16.8 Å². The van der Waals surface area contributed by atoms with Crippen LogP contribution in [0.15, 0.2) is 23.6 Å². The van der Waals surface area contributed by atoms with Crippen molar-refractivity contribution < 1.29 is 10.2 Å². The van der Waals surface area contributed by atoms with Gasteiger partial charge in [-0.1, -0.05) is 23.2 Å². The molecule has 0 amide bonds. The summed E-state index contributed by atoms with van der Waals surface area (Å²) in [4.78, 5) is 7.94. The van der Waals surface area contributed by atoms with Gasteiger partial charge in [0.05, 0.1) is 28.6 Å². The van der Waals surface area contributed by atoms with Crippen LogP contribution in [0.5, 0.6) is 5.75 Å². The molecule has 2 aromatic heterocycles. The molecule has 0 bridgehead atoms. The van der Waals surface area contributed by atoms with Gasteiger partial charge in [0.25, 0.3) is 0 Å².